The van der Waals surface area contributed by atoms with Crippen LogP contribution in [0.5, 0.6) is 5.75 Å². The highest BCUT2D eigenvalue weighted by Crippen LogP contribution is 2.27. The van der Waals surface area contributed by atoms with E-state index in [4.69, 9.17) is 9.47 Å². The molecular weight excluding hydrogens is 304 g/mol. The summed E-state index contributed by atoms with van der Waals surface area (Å²) in [6.45, 7) is 8.87. The fraction of sp³-hybridized carbons (Fsp3) is 0.632. The summed E-state index contributed by atoms with van der Waals surface area (Å²) in [5.74, 6) is 0.957. The molecule has 1 aromatic carbocycles. The van der Waals surface area contributed by atoms with Gasteiger partial charge in [0, 0.05) is 25.6 Å². The minimum atomic E-state index is -0.488. The standard InChI is InChI=1S/C19H28N2O3/c1-19(2,3)24-18(22)21(16-5-4-9-20-12-16)13-14-6-7-15-8-10-23-17(15)11-14/h6-7,11,16,20H,4-5,8-10,12-13H2,1-3H3. The SMILES string of the molecule is CC(C)(C)OC(=O)N(Cc1ccc2c(c1)OCC2)C1CCCNC1. The van der Waals surface area contributed by atoms with Crippen LogP contribution >= 0.6 is 0 Å². The van der Waals surface area contributed by atoms with Crippen LogP contribution in [0.3, 0.4) is 0 Å². The van der Waals surface area contributed by atoms with Gasteiger partial charge >= 0.3 is 6.09 Å². The molecule has 0 radical (unpaired) electrons. The Morgan fingerprint density at radius 2 is 2.25 bits per heavy atom. The Morgan fingerprint density at radius 3 is 2.96 bits per heavy atom. The third kappa shape index (κ3) is 4.20. The fourth-order valence-electron chi connectivity index (χ4n) is 3.27. The lowest BCUT2D eigenvalue weighted by molar-refractivity contribution is 0.0114. The van der Waals surface area contributed by atoms with Gasteiger partial charge < -0.3 is 14.8 Å². The Balaban J connectivity index is 1.77. The first kappa shape index (κ1) is 17.1. The summed E-state index contributed by atoms with van der Waals surface area (Å²) in [5, 5.41) is 3.39. The van der Waals surface area contributed by atoms with Crippen molar-refractivity contribution in [3.63, 3.8) is 0 Å². The average molecular weight is 332 g/mol. The molecule has 1 atom stereocenters. The zero-order valence-corrected chi connectivity index (χ0v) is 14.9. The first-order valence-electron chi connectivity index (χ1n) is 8.87. The molecule has 3 rings (SSSR count). The summed E-state index contributed by atoms with van der Waals surface area (Å²) < 4.78 is 11.3. The predicted molar refractivity (Wildman–Crippen MR) is 93.3 cm³/mol. The minimum Gasteiger partial charge on any atom is -0.493 e. The number of carbonyl (C=O) groups excluding carboxylic acids is 1. The molecule has 0 aliphatic carbocycles. The van der Waals surface area contributed by atoms with E-state index in [0.717, 1.165) is 50.3 Å². The van der Waals surface area contributed by atoms with Crippen molar-refractivity contribution in [2.24, 2.45) is 0 Å². The smallest absolute Gasteiger partial charge is 0.410 e. The fourth-order valence-corrected chi connectivity index (χ4v) is 3.27. The van der Waals surface area contributed by atoms with Gasteiger partial charge in [-0.05, 0) is 57.4 Å². The highest BCUT2D eigenvalue weighted by Gasteiger charge is 2.29. The van der Waals surface area contributed by atoms with E-state index in [1.165, 1.54) is 5.56 Å². The number of benzene rings is 1. The van der Waals surface area contributed by atoms with Crippen LogP contribution in [0.2, 0.25) is 0 Å². The molecule has 132 valence electrons. The Kier molecular flexibility index (Phi) is 4.99. The van der Waals surface area contributed by atoms with E-state index in [2.05, 4.69) is 23.5 Å². The van der Waals surface area contributed by atoms with Crippen LogP contribution in [0.1, 0.15) is 44.7 Å². The van der Waals surface area contributed by atoms with Gasteiger partial charge in [0.05, 0.1) is 6.61 Å². The third-order valence-corrected chi connectivity index (χ3v) is 4.45. The number of carbonyl (C=O) groups is 1. The highest BCUT2D eigenvalue weighted by molar-refractivity contribution is 5.68. The van der Waals surface area contributed by atoms with E-state index in [0.29, 0.717) is 6.54 Å². The number of nitrogens with zero attached hydrogens (tertiary/aromatic N) is 1. The third-order valence-electron chi connectivity index (χ3n) is 4.45. The van der Waals surface area contributed by atoms with Crippen molar-refractivity contribution in [2.75, 3.05) is 19.7 Å². The summed E-state index contributed by atoms with van der Waals surface area (Å²) in [4.78, 5) is 14.6. The molecule has 2 aliphatic heterocycles. The normalized spacial score (nSPS) is 20.2. The van der Waals surface area contributed by atoms with E-state index < -0.39 is 5.60 Å². The summed E-state index contributed by atoms with van der Waals surface area (Å²) in [6, 6.07) is 6.45. The van der Waals surface area contributed by atoms with Gasteiger partial charge in [-0.1, -0.05) is 12.1 Å². The van der Waals surface area contributed by atoms with Crippen LogP contribution in [-0.4, -0.2) is 42.3 Å². The molecule has 5 nitrogen and oxygen atoms in total. The molecule has 0 saturated carbocycles. The maximum Gasteiger partial charge on any atom is 0.410 e. The minimum absolute atomic E-state index is 0.169. The molecule has 2 aliphatic rings. The quantitative estimate of drug-likeness (QED) is 0.924. The maximum atomic E-state index is 12.7. The number of fused-ring (bicyclic) bond motifs is 1. The maximum absolute atomic E-state index is 12.7. The van der Waals surface area contributed by atoms with Crippen LogP contribution in [-0.2, 0) is 17.7 Å². The Morgan fingerprint density at radius 1 is 1.42 bits per heavy atom. The van der Waals surface area contributed by atoms with Crippen molar-refractivity contribution < 1.29 is 14.3 Å². The Bertz CT molecular complexity index is 589. The van der Waals surface area contributed by atoms with E-state index in [9.17, 15) is 4.79 Å². The second-order valence-electron chi connectivity index (χ2n) is 7.65. The summed E-state index contributed by atoms with van der Waals surface area (Å²) in [5.41, 5.74) is 1.85. The number of ether oxygens (including phenoxy) is 2. The van der Waals surface area contributed by atoms with Crippen molar-refractivity contribution in [2.45, 2.75) is 58.2 Å². The molecule has 2 heterocycles. The number of amides is 1. The van der Waals surface area contributed by atoms with Gasteiger partial charge in [0.25, 0.3) is 0 Å². The molecule has 0 aromatic heterocycles. The molecule has 1 aromatic rings. The zero-order valence-electron chi connectivity index (χ0n) is 14.9. The van der Waals surface area contributed by atoms with Gasteiger partial charge in [0.15, 0.2) is 0 Å². The van der Waals surface area contributed by atoms with Gasteiger partial charge in [-0.15, -0.1) is 0 Å². The van der Waals surface area contributed by atoms with Gasteiger partial charge in [-0.3, -0.25) is 4.90 Å². The summed E-state index contributed by atoms with van der Waals surface area (Å²) >= 11 is 0. The second-order valence-corrected chi connectivity index (χ2v) is 7.65. The lowest BCUT2D eigenvalue weighted by atomic mass is 10.0. The average Bonchev–Trinajstić information content (AvgIpc) is 2.99. The lowest BCUT2D eigenvalue weighted by Crippen LogP contribution is -2.49. The number of piperidine rings is 1. The van der Waals surface area contributed by atoms with Gasteiger partial charge in [-0.2, -0.15) is 0 Å². The Labute approximate surface area is 144 Å². The van der Waals surface area contributed by atoms with Crippen LogP contribution < -0.4 is 10.1 Å². The van der Waals surface area contributed by atoms with Crippen molar-refractivity contribution in [3.8, 4) is 5.75 Å². The van der Waals surface area contributed by atoms with Crippen LogP contribution in [0.25, 0.3) is 0 Å². The van der Waals surface area contributed by atoms with Crippen LogP contribution in [0, 0.1) is 0 Å². The Hall–Kier alpha value is -1.75. The van der Waals surface area contributed by atoms with Gasteiger partial charge in [-0.25, -0.2) is 4.79 Å². The molecule has 1 unspecified atom stereocenters. The largest absolute Gasteiger partial charge is 0.493 e. The van der Waals surface area contributed by atoms with Crippen molar-refractivity contribution >= 4 is 6.09 Å². The first-order valence-corrected chi connectivity index (χ1v) is 8.87. The van der Waals surface area contributed by atoms with Crippen LogP contribution in [0.15, 0.2) is 18.2 Å². The van der Waals surface area contributed by atoms with Crippen molar-refractivity contribution in [1.29, 1.82) is 0 Å². The van der Waals surface area contributed by atoms with E-state index in [1.54, 1.807) is 0 Å². The molecule has 1 amide bonds. The van der Waals surface area contributed by atoms with E-state index in [1.807, 2.05) is 25.7 Å². The molecule has 1 fully saturated rings. The topological polar surface area (TPSA) is 50.8 Å². The van der Waals surface area contributed by atoms with Crippen molar-refractivity contribution in [3.05, 3.63) is 29.3 Å². The monoisotopic (exact) mass is 332 g/mol. The summed E-state index contributed by atoms with van der Waals surface area (Å²) in [6.07, 6.45) is 2.82. The van der Waals surface area contributed by atoms with Crippen molar-refractivity contribution in [1.82, 2.24) is 10.2 Å². The lowest BCUT2D eigenvalue weighted by Gasteiger charge is -2.36. The molecular formula is C19H28N2O3. The summed E-state index contributed by atoms with van der Waals surface area (Å²) in [7, 11) is 0. The van der Waals surface area contributed by atoms with E-state index in [-0.39, 0.29) is 12.1 Å². The molecule has 0 spiro atoms. The van der Waals surface area contributed by atoms with Gasteiger partial charge in [0.1, 0.15) is 11.4 Å². The second kappa shape index (κ2) is 7.01. The molecule has 24 heavy (non-hydrogen) atoms. The van der Waals surface area contributed by atoms with E-state index >= 15 is 0 Å². The molecule has 1 saturated heterocycles. The molecule has 0 bridgehead atoms. The number of hydrogen-bond donors (Lipinski definition) is 1. The molecule has 5 heteroatoms. The zero-order chi connectivity index (χ0) is 17.2. The first-order chi connectivity index (χ1) is 11.4. The highest BCUT2D eigenvalue weighted by atomic mass is 16.6. The molecule has 1 N–H and O–H groups in total. The number of hydrogen-bond acceptors (Lipinski definition) is 4. The van der Waals surface area contributed by atoms with Crippen LogP contribution in [0.4, 0.5) is 4.79 Å². The number of nitrogens with one attached hydrogen (secondary N) is 1. The number of rotatable bonds is 3. The van der Waals surface area contributed by atoms with Gasteiger partial charge in [0.2, 0.25) is 0 Å². The predicted octanol–water partition coefficient (Wildman–Crippen LogP) is 3.11.